The summed E-state index contributed by atoms with van der Waals surface area (Å²) >= 11 is 0. The lowest BCUT2D eigenvalue weighted by Gasteiger charge is -2.14. The van der Waals surface area contributed by atoms with Gasteiger partial charge in [-0.2, -0.15) is 4.68 Å². The first-order chi connectivity index (χ1) is 10.5. The van der Waals surface area contributed by atoms with Gasteiger partial charge in [0.15, 0.2) is 5.82 Å². The van der Waals surface area contributed by atoms with Gasteiger partial charge in [0.05, 0.1) is 0 Å². The van der Waals surface area contributed by atoms with Crippen LogP contribution in [-0.2, 0) is 0 Å². The zero-order valence-electron chi connectivity index (χ0n) is 12.2. The SMILES string of the molecule is Cc1nnnn1-c1cc(NC(=O)NC(C)CCO)ccc1F. The molecule has 2 amide bonds. The van der Waals surface area contributed by atoms with E-state index in [1.165, 1.54) is 22.9 Å². The van der Waals surface area contributed by atoms with E-state index in [0.717, 1.165) is 0 Å². The van der Waals surface area contributed by atoms with Crippen LogP contribution in [0.4, 0.5) is 14.9 Å². The molecule has 1 unspecified atom stereocenters. The van der Waals surface area contributed by atoms with Crippen LogP contribution < -0.4 is 10.6 Å². The zero-order chi connectivity index (χ0) is 16.1. The maximum absolute atomic E-state index is 13.9. The Labute approximate surface area is 126 Å². The summed E-state index contributed by atoms with van der Waals surface area (Å²) < 4.78 is 15.1. The molecule has 0 aliphatic rings. The average Bonchev–Trinajstić information content (AvgIpc) is 2.87. The molecule has 1 heterocycles. The summed E-state index contributed by atoms with van der Waals surface area (Å²) in [6.07, 6.45) is 0.450. The van der Waals surface area contributed by atoms with E-state index >= 15 is 0 Å². The fourth-order valence-corrected chi connectivity index (χ4v) is 1.86. The van der Waals surface area contributed by atoms with E-state index in [9.17, 15) is 9.18 Å². The summed E-state index contributed by atoms with van der Waals surface area (Å²) in [5.74, 6) is -0.0768. The van der Waals surface area contributed by atoms with Gasteiger partial charge in [0.2, 0.25) is 0 Å². The predicted molar refractivity (Wildman–Crippen MR) is 77.2 cm³/mol. The van der Waals surface area contributed by atoms with Crippen LogP contribution >= 0.6 is 0 Å². The number of hydrogen-bond acceptors (Lipinski definition) is 5. The minimum atomic E-state index is -0.505. The van der Waals surface area contributed by atoms with E-state index in [1.807, 2.05) is 0 Å². The van der Waals surface area contributed by atoms with Crippen molar-refractivity contribution in [1.29, 1.82) is 0 Å². The first-order valence-electron chi connectivity index (χ1n) is 6.74. The van der Waals surface area contributed by atoms with Gasteiger partial charge in [-0.05, 0) is 48.9 Å². The normalized spacial score (nSPS) is 12.0. The lowest BCUT2D eigenvalue weighted by Crippen LogP contribution is -2.36. The molecule has 3 N–H and O–H groups in total. The number of benzene rings is 1. The van der Waals surface area contributed by atoms with Crippen molar-refractivity contribution in [3.63, 3.8) is 0 Å². The number of rotatable bonds is 5. The lowest BCUT2D eigenvalue weighted by molar-refractivity contribution is 0.241. The maximum atomic E-state index is 13.9. The number of anilines is 1. The summed E-state index contributed by atoms with van der Waals surface area (Å²) in [7, 11) is 0. The molecule has 0 bridgehead atoms. The first kappa shape index (κ1) is 15.8. The molecular weight excluding hydrogens is 291 g/mol. The van der Waals surface area contributed by atoms with Crippen molar-refractivity contribution in [3.8, 4) is 5.69 Å². The quantitative estimate of drug-likeness (QED) is 0.764. The lowest BCUT2D eigenvalue weighted by atomic mass is 10.2. The fourth-order valence-electron chi connectivity index (χ4n) is 1.86. The van der Waals surface area contributed by atoms with Crippen LogP contribution in [0.3, 0.4) is 0 Å². The third-order valence-electron chi connectivity index (χ3n) is 3.00. The van der Waals surface area contributed by atoms with Crippen LogP contribution in [0.15, 0.2) is 18.2 Å². The number of hydrogen-bond donors (Lipinski definition) is 3. The Kier molecular flexibility index (Phi) is 4.99. The highest BCUT2D eigenvalue weighted by Crippen LogP contribution is 2.18. The Morgan fingerprint density at radius 2 is 2.27 bits per heavy atom. The van der Waals surface area contributed by atoms with E-state index in [1.54, 1.807) is 13.8 Å². The Morgan fingerprint density at radius 3 is 2.91 bits per heavy atom. The van der Waals surface area contributed by atoms with E-state index in [4.69, 9.17) is 5.11 Å². The van der Waals surface area contributed by atoms with Crippen molar-refractivity contribution >= 4 is 11.7 Å². The van der Waals surface area contributed by atoms with Gasteiger partial charge in [0.25, 0.3) is 0 Å². The van der Waals surface area contributed by atoms with Gasteiger partial charge in [-0.1, -0.05) is 0 Å². The zero-order valence-corrected chi connectivity index (χ0v) is 12.2. The highest BCUT2D eigenvalue weighted by atomic mass is 19.1. The van der Waals surface area contributed by atoms with Crippen molar-refractivity contribution in [3.05, 3.63) is 29.8 Å². The molecule has 9 heteroatoms. The average molecular weight is 308 g/mol. The Hall–Kier alpha value is -2.55. The maximum Gasteiger partial charge on any atom is 0.319 e. The van der Waals surface area contributed by atoms with Gasteiger partial charge >= 0.3 is 6.03 Å². The molecule has 0 radical (unpaired) electrons. The molecular formula is C13H17FN6O2. The van der Waals surface area contributed by atoms with Gasteiger partial charge in [-0.3, -0.25) is 0 Å². The van der Waals surface area contributed by atoms with Crippen molar-refractivity contribution in [2.24, 2.45) is 0 Å². The molecule has 1 aromatic carbocycles. The van der Waals surface area contributed by atoms with Crippen LogP contribution in [0.1, 0.15) is 19.2 Å². The number of amides is 2. The number of carbonyl (C=O) groups is 1. The number of halogens is 1. The minimum Gasteiger partial charge on any atom is -0.396 e. The van der Waals surface area contributed by atoms with E-state index < -0.39 is 11.8 Å². The van der Waals surface area contributed by atoms with Crippen LogP contribution in [0.2, 0.25) is 0 Å². The molecule has 0 spiro atoms. The molecule has 0 fully saturated rings. The van der Waals surface area contributed by atoms with Gasteiger partial charge in [-0.25, -0.2) is 9.18 Å². The number of nitrogens with zero attached hydrogens (tertiary/aromatic N) is 4. The summed E-state index contributed by atoms with van der Waals surface area (Å²) in [4.78, 5) is 11.8. The Balaban J connectivity index is 2.13. The molecule has 0 saturated heterocycles. The molecule has 0 aliphatic carbocycles. The standard InChI is InChI=1S/C13H17FN6O2/c1-8(5-6-21)15-13(22)16-10-3-4-11(14)12(7-10)20-9(2)17-18-19-20/h3-4,7-8,21H,5-6H2,1-2H3,(H2,15,16,22). The number of nitrogens with one attached hydrogen (secondary N) is 2. The molecule has 1 aromatic heterocycles. The van der Waals surface area contributed by atoms with Crippen molar-refractivity contribution < 1.29 is 14.3 Å². The molecule has 1 atom stereocenters. The third kappa shape index (κ3) is 3.76. The van der Waals surface area contributed by atoms with E-state index in [2.05, 4.69) is 26.2 Å². The highest BCUT2D eigenvalue weighted by molar-refractivity contribution is 5.89. The summed E-state index contributed by atoms with van der Waals surface area (Å²) in [5, 5.41) is 24.9. The monoisotopic (exact) mass is 308 g/mol. The van der Waals surface area contributed by atoms with Crippen molar-refractivity contribution in [2.75, 3.05) is 11.9 Å². The second kappa shape index (κ2) is 6.94. The molecule has 22 heavy (non-hydrogen) atoms. The smallest absolute Gasteiger partial charge is 0.319 e. The van der Waals surface area contributed by atoms with Gasteiger partial charge < -0.3 is 15.7 Å². The molecule has 0 aliphatic heterocycles. The summed E-state index contributed by atoms with van der Waals surface area (Å²) in [6.45, 7) is 3.40. The number of aliphatic hydroxyl groups excluding tert-OH is 1. The number of tetrazole rings is 1. The number of urea groups is 1. The molecule has 8 nitrogen and oxygen atoms in total. The predicted octanol–water partition coefficient (Wildman–Crippen LogP) is 1.00. The molecule has 0 saturated carbocycles. The van der Waals surface area contributed by atoms with Crippen LogP contribution in [0.25, 0.3) is 5.69 Å². The Bertz CT molecular complexity index is 660. The number of aromatic nitrogens is 4. The van der Waals surface area contributed by atoms with Gasteiger partial charge in [0, 0.05) is 18.3 Å². The van der Waals surface area contributed by atoms with Crippen molar-refractivity contribution in [2.45, 2.75) is 26.3 Å². The summed E-state index contributed by atoms with van der Waals surface area (Å²) in [6, 6.07) is 3.49. The van der Waals surface area contributed by atoms with E-state index in [-0.39, 0.29) is 18.3 Å². The molecule has 118 valence electrons. The van der Waals surface area contributed by atoms with Crippen molar-refractivity contribution in [1.82, 2.24) is 25.5 Å². The molecule has 2 rings (SSSR count). The first-order valence-corrected chi connectivity index (χ1v) is 6.74. The minimum absolute atomic E-state index is 0.0132. The van der Waals surface area contributed by atoms with Crippen LogP contribution in [-0.4, -0.2) is 44.0 Å². The topological polar surface area (TPSA) is 105 Å². The number of aliphatic hydroxyl groups is 1. The van der Waals surface area contributed by atoms with Crippen LogP contribution in [0.5, 0.6) is 0 Å². The third-order valence-corrected chi connectivity index (χ3v) is 3.00. The summed E-state index contributed by atoms with van der Waals surface area (Å²) in [5.41, 5.74) is 0.545. The Morgan fingerprint density at radius 1 is 1.50 bits per heavy atom. The second-order valence-corrected chi connectivity index (χ2v) is 4.82. The van der Waals surface area contributed by atoms with Gasteiger partial charge in [0.1, 0.15) is 11.5 Å². The van der Waals surface area contributed by atoms with Crippen LogP contribution in [0, 0.1) is 12.7 Å². The highest BCUT2D eigenvalue weighted by Gasteiger charge is 2.12. The number of carbonyl (C=O) groups excluding carboxylic acids is 1. The second-order valence-electron chi connectivity index (χ2n) is 4.82. The number of aryl methyl sites for hydroxylation is 1. The largest absolute Gasteiger partial charge is 0.396 e. The van der Waals surface area contributed by atoms with Gasteiger partial charge in [-0.15, -0.1) is 5.10 Å². The molecule has 2 aromatic rings. The van der Waals surface area contributed by atoms with E-state index in [0.29, 0.717) is 17.9 Å². The fraction of sp³-hybridized carbons (Fsp3) is 0.385.